The highest BCUT2D eigenvalue weighted by Crippen LogP contribution is 2.30. The van der Waals surface area contributed by atoms with Crippen LogP contribution >= 0.6 is 0 Å². The zero-order valence-corrected chi connectivity index (χ0v) is 13.9. The van der Waals surface area contributed by atoms with Crippen molar-refractivity contribution in [2.24, 2.45) is 0 Å². The second kappa shape index (κ2) is 6.43. The number of benzene rings is 1. The van der Waals surface area contributed by atoms with Crippen molar-refractivity contribution in [3.8, 4) is 0 Å². The van der Waals surface area contributed by atoms with Gasteiger partial charge in [-0.05, 0) is 44.0 Å². The normalized spacial score (nSPS) is 19.8. The summed E-state index contributed by atoms with van der Waals surface area (Å²) in [5.41, 5.74) is 2.29. The molecule has 1 aliphatic heterocycles. The molecule has 1 saturated carbocycles. The van der Waals surface area contributed by atoms with Crippen molar-refractivity contribution in [2.45, 2.75) is 38.1 Å². The van der Waals surface area contributed by atoms with Crippen LogP contribution in [0.5, 0.6) is 0 Å². The van der Waals surface area contributed by atoms with Crippen LogP contribution in [0.4, 0.5) is 0 Å². The van der Waals surface area contributed by atoms with Crippen LogP contribution in [0.2, 0.25) is 0 Å². The van der Waals surface area contributed by atoms with E-state index in [1.807, 2.05) is 27.7 Å². The molecule has 1 aliphatic carbocycles. The molecule has 2 heterocycles. The Balaban J connectivity index is 1.66. The molecule has 0 spiro atoms. The maximum absolute atomic E-state index is 12.7. The number of nitrogens with zero attached hydrogens (tertiary/aromatic N) is 2. The Morgan fingerprint density at radius 1 is 1.08 bits per heavy atom. The van der Waals surface area contributed by atoms with Gasteiger partial charge < -0.3 is 15.2 Å². The first-order chi connectivity index (χ1) is 11.7. The van der Waals surface area contributed by atoms with Crippen LogP contribution in [0.25, 0.3) is 11.0 Å². The number of carbonyl (C=O) groups excluding carboxylic acids is 1. The van der Waals surface area contributed by atoms with Gasteiger partial charge in [-0.3, -0.25) is 9.36 Å². The van der Waals surface area contributed by atoms with E-state index in [2.05, 4.69) is 10.3 Å². The van der Waals surface area contributed by atoms with E-state index in [1.165, 1.54) is 12.8 Å². The van der Waals surface area contributed by atoms with Gasteiger partial charge in [0.25, 0.3) is 5.91 Å². The zero-order chi connectivity index (χ0) is 16.5. The summed E-state index contributed by atoms with van der Waals surface area (Å²) in [4.78, 5) is 29.9. The molecule has 2 fully saturated rings. The van der Waals surface area contributed by atoms with Gasteiger partial charge in [0.1, 0.15) is 0 Å². The Morgan fingerprint density at radius 3 is 2.75 bits per heavy atom. The highest BCUT2D eigenvalue weighted by atomic mass is 16.2. The van der Waals surface area contributed by atoms with Crippen LogP contribution in [0, 0.1) is 0 Å². The van der Waals surface area contributed by atoms with Gasteiger partial charge in [0.15, 0.2) is 0 Å². The Hall–Kier alpha value is -2.08. The number of rotatable bonds is 2. The lowest BCUT2D eigenvalue weighted by Crippen LogP contribution is -2.34. The third-order valence-electron chi connectivity index (χ3n) is 5.28. The topological polar surface area (TPSA) is 70.1 Å². The molecule has 6 nitrogen and oxygen atoms in total. The molecule has 1 amide bonds. The van der Waals surface area contributed by atoms with Crippen LogP contribution in [0.15, 0.2) is 23.0 Å². The lowest BCUT2D eigenvalue weighted by molar-refractivity contribution is 0.0766. The number of hydrogen-bond acceptors (Lipinski definition) is 3. The van der Waals surface area contributed by atoms with E-state index in [1.54, 1.807) is 0 Å². The number of aromatic nitrogens is 2. The summed E-state index contributed by atoms with van der Waals surface area (Å²) in [6, 6.07) is 5.92. The molecule has 128 valence electrons. The Labute approximate surface area is 140 Å². The first-order valence-electron chi connectivity index (χ1n) is 8.98. The minimum atomic E-state index is -0.0551. The fourth-order valence-electron chi connectivity index (χ4n) is 4.02. The number of nitrogens with one attached hydrogen (secondary N) is 2. The minimum Gasteiger partial charge on any atom is -0.337 e. The first-order valence-corrected chi connectivity index (χ1v) is 8.98. The second-order valence-electron chi connectivity index (χ2n) is 6.87. The first kappa shape index (κ1) is 15.4. The van der Waals surface area contributed by atoms with Crippen LogP contribution in [0.3, 0.4) is 0 Å². The van der Waals surface area contributed by atoms with Crippen molar-refractivity contribution < 1.29 is 4.79 Å². The van der Waals surface area contributed by atoms with Gasteiger partial charge in [0, 0.05) is 31.2 Å². The molecule has 24 heavy (non-hydrogen) atoms. The molecule has 6 heteroatoms. The molecule has 0 radical (unpaired) electrons. The highest BCUT2D eigenvalue weighted by Gasteiger charge is 2.22. The molecule has 2 N–H and O–H groups in total. The summed E-state index contributed by atoms with van der Waals surface area (Å²) in [6.07, 6.45) is 5.47. The standard InChI is InChI=1S/C18H24N4O2/c23-17(21-10-3-8-19-9-11-21)13-6-7-16-15(12-13)20-18(24)22(16)14-4-1-2-5-14/h6-7,12,14,19H,1-5,8-11H2,(H,20,24). The predicted molar refractivity (Wildman–Crippen MR) is 93.5 cm³/mol. The molecule has 4 rings (SSSR count). The van der Waals surface area contributed by atoms with Gasteiger partial charge >= 0.3 is 5.69 Å². The van der Waals surface area contributed by atoms with Gasteiger partial charge in [-0.15, -0.1) is 0 Å². The summed E-state index contributed by atoms with van der Waals surface area (Å²) in [5, 5.41) is 3.31. The molecular weight excluding hydrogens is 304 g/mol. The van der Waals surface area contributed by atoms with Crippen molar-refractivity contribution in [1.82, 2.24) is 19.8 Å². The SMILES string of the molecule is O=C(c1ccc2c(c1)[nH]c(=O)n2C1CCCC1)N1CCCNCC1. The van der Waals surface area contributed by atoms with Gasteiger partial charge in [0.05, 0.1) is 11.0 Å². The van der Waals surface area contributed by atoms with Crippen molar-refractivity contribution in [3.05, 3.63) is 34.2 Å². The monoisotopic (exact) mass is 328 g/mol. The van der Waals surface area contributed by atoms with Crippen molar-refractivity contribution in [2.75, 3.05) is 26.2 Å². The average Bonchev–Trinajstić information content (AvgIpc) is 3.11. The van der Waals surface area contributed by atoms with Crippen LogP contribution in [-0.4, -0.2) is 46.5 Å². The summed E-state index contributed by atoms with van der Waals surface area (Å²) >= 11 is 0. The molecule has 1 aromatic carbocycles. The van der Waals surface area contributed by atoms with E-state index in [4.69, 9.17) is 0 Å². The minimum absolute atomic E-state index is 0.0510. The molecule has 1 saturated heterocycles. The summed E-state index contributed by atoms with van der Waals surface area (Å²) in [7, 11) is 0. The molecule has 1 aromatic heterocycles. The fourth-order valence-corrected chi connectivity index (χ4v) is 4.02. The zero-order valence-electron chi connectivity index (χ0n) is 13.9. The summed E-state index contributed by atoms with van der Waals surface area (Å²) < 4.78 is 1.88. The second-order valence-corrected chi connectivity index (χ2v) is 6.87. The number of imidazole rings is 1. The van der Waals surface area contributed by atoms with Crippen molar-refractivity contribution >= 4 is 16.9 Å². The number of H-pyrrole nitrogens is 1. The lowest BCUT2D eigenvalue weighted by atomic mass is 10.1. The number of carbonyl (C=O) groups is 1. The number of hydrogen-bond donors (Lipinski definition) is 2. The molecule has 0 unspecified atom stereocenters. The van der Waals surface area contributed by atoms with Crippen molar-refractivity contribution in [3.63, 3.8) is 0 Å². The van der Waals surface area contributed by atoms with Crippen LogP contribution < -0.4 is 11.0 Å². The smallest absolute Gasteiger partial charge is 0.326 e. The van der Waals surface area contributed by atoms with E-state index in [9.17, 15) is 9.59 Å². The lowest BCUT2D eigenvalue weighted by Gasteiger charge is -2.20. The molecule has 2 aliphatic rings. The van der Waals surface area contributed by atoms with E-state index < -0.39 is 0 Å². The Morgan fingerprint density at radius 2 is 1.92 bits per heavy atom. The predicted octanol–water partition coefficient (Wildman–Crippen LogP) is 1.88. The van der Waals surface area contributed by atoms with Gasteiger partial charge in [-0.1, -0.05) is 12.8 Å². The molecule has 0 bridgehead atoms. The molecular formula is C18H24N4O2. The van der Waals surface area contributed by atoms with Gasteiger partial charge in [0.2, 0.25) is 0 Å². The fraction of sp³-hybridized carbons (Fsp3) is 0.556. The average molecular weight is 328 g/mol. The number of amides is 1. The maximum atomic E-state index is 12.7. The number of fused-ring (bicyclic) bond motifs is 1. The van der Waals surface area contributed by atoms with E-state index >= 15 is 0 Å². The maximum Gasteiger partial charge on any atom is 0.326 e. The summed E-state index contributed by atoms with van der Waals surface area (Å²) in [6.45, 7) is 3.31. The van der Waals surface area contributed by atoms with Gasteiger partial charge in [-0.25, -0.2) is 4.79 Å². The van der Waals surface area contributed by atoms with E-state index in [-0.39, 0.29) is 11.6 Å². The van der Waals surface area contributed by atoms with Gasteiger partial charge in [-0.2, -0.15) is 0 Å². The third-order valence-corrected chi connectivity index (χ3v) is 5.28. The number of aromatic amines is 1. The highest BCUT2D eigenvalue weighted by molar-refractivity contribution is 5.97. The summed E-state index contributed by atoms with van der Waals surface area (Å²) in [5.74, 6) is 0.0510. The molecule has 0 atom stereocenters. The largest absolute Gasteiger partial charge is 0.337 e. The van der Waals surface area contributed by atoms with Crippen molar-refractivity contribution in [1.29, 1.82) is 0 Å². The van der Waals surface area contributed by atoms with Crippen LogP contribution in [0.1, 0.15) is 48.5 Å². The quantitative estimate of drug-likeness (QED) is 0.884. The van der Waals surface area contributed by atoms with Crippen LogP contribution in [-0.2, 0) is 0 Å². The Bertz CT molecular complexity index is 793. The molecule has 2 aromatic rings. The van der Waals surface area contributed by atoms with E-state index in [0.717, 1.165) is 56.5 Å². The third kappa shape index (κ3) is 2.75. The van der Waals surface area contributed by atoms with E-state index in [0.29, 0.717) is 11.6 Å². The Kier molecular flexibility index (Phi) is 4.14.